The van der Waals surface area contributed by atoms with Crippen LogP contribution in [0.2, 0.25) is 0 Å². The number of carbonyl (C=O) groups is 2. The van der Waals surface area contributed by atoms with Gasteiger partial charge in [-0.2, -0.15) is 0 Å². The van der Waals surface area contributed by atoms with E-state index in [1.807, 2.05) is 44.2 Å². The summed E-state index contributed by atoms with van der Waals surface area (Å²) in [5.41, 5.74) is 0.332. The van der Waals surface area contributed by atoms with Gasteiger partial charge in [-0.1, -0.05) is 30.3 Å². The second kappa shape index (κ2) is 7.08. The fraction of sp³-hybridized carbons (Fsp3) is 0.500. The van der Waals surface area contributed by atoms with Crippen molar-refractivity contribution in [3.8, 4) is 0 Å². The van der Waals surface area contributed by atoms with E-state index in [-0.39, 0.29) is 17.9 Å². The molecule has 4 heteroatoms. The maximum Gasteiger partial charge on any atom is 0.311 e. The zero-order chi connectivity index (χ0) is 15.2. The van der Waals surface area contributed by atoms with Crippen molar-refractivity contribution >= 4 is 11.9 Å². The van der Waals surface area contributed by atoms with Crippen LogP contribution in [0.25, 0.3) is 0 Å². The molecule has 0 aliphatic carbocycles. The standard InChI is InChI=1S/C16H23NO3/c1-5-20-15(19)16(3,4)11-14(17-12(2)18)13-9-7-6-8-10-13/h6-10,14H,5,11H2,1-4H3,(H,17,18). The first-order valence-electron chi connectivity index (χ1n) is 6.86. The van der Waals surface area contributed by atoms with E-state index in [1.54, 1.807) is 6.92 Å². The van der Waals surface area contributed by atoms with Crippen LogP contribution in [0.3, 0.4) is 0 Å². The van der Waals surface area contributed by atoms with E-state index in [2.05, 4.69) is 5.32 Å². The van der Waals surface area contributed by atoms with Crippen LogP contribution in [0.1, 0.15) is 45.7 Å². The minimum atomic E-state index is -0.654. The van der Waals surface area contributed by atoms with Crippen LogP contribution < -0.4 is 5.32 Å². The predicted octanol–water partition coefficient (Wildman–Crippen LogP) is 2.84. The molecule has 1 amide bonds. The summed E-state index contributed by atoms with van der Waals surface area (Å²) in [7, 11) is 0. The molecular weight excluding hydrogens is 254 g/mol. The molecule has 0 spiro atoms. The Morgan fingerprint density at radius 3 is 2.35 bits per heavy atom. The molecule has 1 rings (SSSR count). The molecule has 0 heterocycles. The lowest BCUT2D eigenvalue weighted by molar-refractivity contribution is -0.154. The Labute approximate surface area is 120 Å². The van der Waals surface area contributed by atoms with E-state index in [4.69, 9.17) is 4.74 Å². The van der Waals surface area contributed by atoms with Crippen molar-refractivity contribution in [1.29, 1.82) is 0 Å². The first-order chi connectivity index (χ1) is 9.36. The number of hydrogen-bond donors (Lipinski definition) is 1. The molecular formula is C16H23NO3. The maximum absolute atomic E-state index is 12.0. The van der Waals surface area contributed by atoms with Crippen LogP contribution in [0.4, 0.5) is 0 Å². The molecule has 0 saturated heterocycles. The number of esters is 1. The van der Waals surface area contributed by atoms with Crippen LogP contribution in [0, 0.1) is 5.41 Å². The molecule has 1 unspecified atom stereocenters. The third-order valence-corrected chi connectivity index (χ3v) is 3.12. The first kappa shape index (κ1) is 16.2. The molecule has 4 nitrogen and oxygen atoms in total. The Bertz CT molecular complexity index is 454. The average molecular weight is 277 g/mol. The van der Waals surface area contributed by atoms with Gasteiger partial charge in [-0.3, -0.25) is 9.59 Å². The zero-order valence-electron chi connectivity index (χ0n) is 12.6. The minimum Gasteiger partial charge on any atom is -0.466 e. The normalized spacial score (nSPS) is 12.6. The molecule has 0 aromatic heterocycles. The van der Waals surface area contributed by atoms with Crippen LogP contribution in [-0.4, -0.2) is 18.5 Å². The Kier molecular flexibility index (Phi) is 5.74. The molecule has 110 valence electrons. The highest BCUT2D eigenvalue weighted by molar-refractivity contribution is 5.76. The van der Waals surface area contributed by atoms with Gasteiger partial charge in [-0.25, -0.2) is 0 Å². The molecule has 1 atom stereocenters. The second-order valence-electron chi connectivity index (χ2n) is 5.47. The minimum absolute atomic E-state index is 0.112. The molecule has 0 aliphatic rings. The van der Waals surface area contributed by atoms with E-state index in [1.165, 1.54) is 6.92 Å². The summed E-state index contributed by atoms with van der Waals surface area (Å²) < 4.78 is 5.10. The Balaban J connectivity index is 2.90. The molecule has 0 saturated carbocycles. The number of ether oxygens (including phenoxy) is 1. The number of rotatable bonds is 6. The quantitative estimate of drug-likeness (QED) is 0.813. The van der Waals surface area contributed by atoms with Gasteiger partial charge in [0.05, 0.1) is 18.1 Å². The van der Waals surface area contributed by atoms with Crippen molar-refractivity contribution in [2.75, 3.05) is 6.61 Å². The van der Waals surface area contributed by atoms with Gasteiger partial charge in [0, 0.05) is 6.92 Å². The summed E-state index contributed by atoms with van der Waals surface area (Å²) in [5.74, 6) is -0.357. The van der Waals surface area contributed by atoms with Crippen LogP contribution in [0.15, 0.2) is 30.3 Å². The van der Waals surface area contributed by atoms with Gasteiger partial charge in [0.25, 0.3) is 0 Å². The fourth-order valence-corrected chi connectivity index (χ4v) is 2.10. The smallest absolute Gasteiger partial charge is 0.311 e. The average Bonchev–Trinajstić information content (AvgIpc) is 2.38. The summed E-state index contributed by atoms with van der Waals surface area (Å²) in [4.78, 5) is 23.4. The van der Waals surface area contributed by atoms with Gasteiger partial charge in [0.15, 0.2) is 0 Å². The van der Waals surface area contributed by atoms with E-state index in [0.717, 1.165) is 5.56 Å². The number of nitrogens with one attached hydrogen (secondary N) is 1. The molecule has 1 aromatic carbocycles. The number of amides is 1. The molecule has 1 aromatic rings. The largest absolute Gasteiger partial charge is 0.466 e. The lowest BCUT2D eigenvalue weighted by Gasteiger charge is -2.28. The van der Waals surface area contributed by atoms with Gasteiger partial charge in [-0.05, 0) is 32.8 Å². The third-order valence-electron chi connectivity index (χ3n) is 3.12. The molecule has 20 heavy (non-hydrogen) atoms. The van der Waals surface area contributed by atoms with Gasteiger partial charge in [0.2, 0.25) is 5.91 Å². The summed E-state index contributed by atoms with van der Waals surface area (Å²) >= 11 is 0. The van der Waals surface area contributed by atoms with Crippen molar-refractivity contribution in [1.82, 2.24) is 5.32 Å². The molecule has 0 aliphatic heterocycles. The highest BCUT2D eigenvalue weighted by atomic mass is 16.5. The van der Waals surface area contributed by atoms with Crippen LogP contribution in [-0.2, 0) is 14.3 Å². The van der Waals surface area contributed by atoms with Crippen molar-refractivity contribution in [3.63, 3.8) is 0 Å². The Hall–Kier alpha value is -1.84. The van der Waals surface area contributed by atoms with E-state index < -0.39 is 5.41 Å². The molecule has 0 radical (unpaired) electrons. The lowest BCUT2D eigenvalue weighted by atomic mass is 9.83. The lowest BCUT2D eigenvalue weighted by Crippen LogP contribution is -2.35. The first-order valence-corrected chi connectivity index (χ1v) is 6.86. The summed E-state index contributed by atoms with van der Waals surface area (Å²) in [6.07, 6.45) is 0.495. The molecule has 0 fully saturated rings. The second-order valence-corrected chi connectivity index (χ2v) is 5.47. The van der Waals surface area contributed by atoms with Crippen LogP contribution >= 0.6 is 0 Å². The summed E-state index contributed by atoms with van der Waals surface area (Å²) in [6, 6.07) is 9.45. The van der Waals surface area contributed by atoms with Crippen molar-refractivity contribution in [3.05, 3.63) is 35.9 Å². The van der Waals surface area contributed by atoms with Crippen LogP contribution in [0.5, 0.6) is 0 Å². The molecule has 1 N–H and O–H groups in total. The topological polar surface area (TPSA) is 55.4 Å². The number of carbonyl (C=O) groups excluding carboxylic acids is 2. The third kappa shape index (κ3) is 4.68. The fourth-order valence-electron chi connectivity index (χ4n) is 2.10. The van der Waals surface area contributed by atoms with Crippen molar-refractivity contribution in [2.45, 2.75) is 40.2 Å². The van der Waals surface area contributed by atoms with Crippen molar-refractivity contribution < 1.29 is 14.3 Å². The highest BCUT2D eigenvalue weighted by Gasteiger charge is 2.33. The van der Waals surface area contributed by atoms with Crippen molar-refractivity contribution in [2.24, 2.45) is 5.41 Å². The number of benzene rings is 1. The van der Waals surface area contributed by atoms with E-state index in [9.17, 15) is 9.59 Å². The summed E-state index contributed by atoms with van der Waals surface area (Å²) in [5, 5.41) is 2.90. The summed E-state index contributed by atoms with van der Waals surface area (Å²) in [6.45, 7) is 7.30. The van der Waals surface area contributed by atoms with Gasteiger partial charge < -0.3 is 10.1 Å². The van der Waals surface area contributed by atoms with Gasteiger partial charge >= 0.3 is 5.97 Å². The SMILES string of the molecule is CCOC(=O)C(C)(C)CC(NC(C)=O)c1ccccc1. The Morgan fingerprint density at radius 1 is 1.25 bits per heavy atom. The van der Waals surface area contributed by atoms with Gasteiger partial charge in [0.1, 0.15) is 0 Å². The Morgan fingerprint density at radius 2 is 1.85 bits per heavy atom. The zero-order valence-corrected chi connectivity index (χ0v) is 12.6. The molecule has 0 bridgehead atoms. The van der Waals surface area contributed by atoms with E-state index in [0.29, 0.717) is 13.0 Å². The highest BCUT2D eigenvalue weighted by Crippen LogP contribution is 2.31. The maximum atomic E-state index is 12.0. The van der Waals surface area contributed by atoms with E-state index >= 15 is 0 Å². The monoisotopic (exact) mass is 277 g/mol. The van der Waals surface area contributed by atoms with Gasteiger partial charge in [-0.15, -0.1) is 0 Å². The predicted molar refractivity (Wildman–Crippen MR) is 78.0 cm³/mol. The number of hydrogen-bond acceptors (Lipinski definition) is 3.